The third-order valence-electron chi connectivity index (χ3n) is 2.14. The number of hydrogen-bond donors (Lipinski definition) is 2. The monoisotopic (exact) mass is 248 g/mol. The van der Waals surface area contributed by atoms with Gasteiger partial charge in [0.2, 0.25) is 0 Å². The predicted molar refractivity (Wildman–Crippen MR) is 65.1 cm³/mol. The molecule has 2 aromatic rings. The molecule has 0 saturated carbocycles. The Labute approximate surface area is 103 Å². The molecule has 1 aromatic heterocycles. The van der Waals surface area contributed by atoms with Crippen LogP contribution in [0.4, 0.5) is 0 Å². The average molecular weight is 249 g/mol. The van der Waals surface area contributed by atoms with Crippen LogP contribution in [-0.2, 0) is 0 Å². The Balaban J connectivity index is 2.20. The first-order valence-electron chi connectivity index (χ1n) is 4.87. The summed E-state index contributed by atoms with van der Waals surface area (Å²) in [5.41, 5.74) is 0.206. The van der Waals surface area contributed by atoms with Crippen LogP contribution in [0.2, 0.25) is 5.02 Å². The number of aromatic nitrogens is 2. The molecule has 0 radical (unpaired) electrons. The van der Waals surface area contributed by atoms with E-state index in [1.165, 1.54) is 24.3 Å². The summed E-state index contributed by atoms with van der Waals surface area (Å²) in [7, 11) is 0. The van der Waals surface area contributed by atoms with E-state index in [0.717, 1.165) is 0 Å². The molecular formula is C12H9ClN2O2. The van der Waals surface area contributed by atoms with Gasteiger partial charge in [0.1, 0.15) is 11.6 Å². The van der Waals surface area contributed by atoms with Crippen molar-refractivity contribution in [2.75, 3.05) is 0 Å². The second-order valence-electron chi connectivity index (χ2n) is 3.33. The topological polar surface area (TPSA) is 66.0 Å². The number of nitrogens with zero attached hydrogens (tertiary/aromatic N) is 1. The number of phenolic OH excluding ortho intramolecular Hbond substituents is 1. The number of aromatic amines is 1. The van der Waals surface area contributed by atoms with Crippen molar-refractivity contribution in [1.82, 2.24) is 9.97 Å². The van der Waals surface area contributed by atoms with Crippen molar-refractivity contribution in [2.45, 2.75) is 0 Å². The van der Waals surface area contributed by atoms with Crippen molar-refractivity contribution in [1.29, 1.82) is 0 Å². The Morgan fingerprint density at radius 2 is 2.29 bits per heavy atom. The Bertz CT molecular complexity index is 562. The number of carbonyl (C=O) groups excluding carboxylic acids is 1. The minimum atomic E-state index is -0.310. The van der Waals surface area contributed by atoms with Crippen LogP contribution in [0.25, 0.3) is 6.08 Å². The fourth-order valence-electron chi connectivity index (χ4n) is 1.33. The molecule has 1 aromatic carbocycles. The van der Waals surface area contributed by atoms with Gasteiger partial charge in [0.15, 0.2) is 5.78 Å². The van der Waals surface area contributed by atoms with Crippen LogP contribution in [0.3, 0.4) is 0 Å². The van der Waals surface area contributed by atoms with Gasteiger partial charge in [-0.1, -0.05) is 11.6 Å². The number of phenols is 1. The summed E-state index contributed by atoms with van der Waals surface area (Å²) in [6.45, 7) is 0. The van der Waals surface area contributed by atoms with Crippen LogP contribution in [0.15, 0.2) is 36.7 Å². The van der Waals surface area contributed by atoms with E-state index in [-0.39, 0.29) is 17.1 Å². The van der Waals surface area contributed by atoms with Gasteiger partial charge in [-0.05, 0) is 30.4 Å². The first-order chi connectivity index (χ1) is 8.16. The lowest BCUT2D eigenvalue weighted by Gasteiger charge is -2.00. The zero-order valence-electron chi connectivity index (χ0n) is 8.72. The summed E-state index contributed by atoms with van der Waals surface area (Å²) in [6, 6.07) is 4.36. The van der Waals surface area contributed by atoms with Crippen LogP contribution in [-0.4, -0.2) is 20.9 Å². The molecular weight excluding hydrogens is 240 g/mol. The van der Waals surface area contributed by atoms with Crippen LogP contribution < -0.4 is 0 Å². The smallest absolute Gasteiger partial charge is 0.189 e. The van der Waals surface area contributed by atoms with E-state index < -0.39 is 0 Å². The number of aromatic hydroxyl groups is 1. The summed E-state index contributed by atoms with van der Waals surface area (Å²) in [5, 5.41) is 9.94. The van der Waals surface area contributed by atoms with Crippen molar-refractivity contribution in [2.24, 2.45) is 0 Å². The summed E-state index contributed by atoms with van der Waals surface area (Å²) in [5.74, 6) is 0.133. The largest absolute Gasteiger partial charge is 0.507 e. The molecule has 2 N–H and O–H groups in total. The Morgan fingerprint density at radius 1 is 1.47 bits per heavy atom. The Morgan fingerprint density at radius 3 is 2.94 bits per heavy atom. The van der Waals surface area contributed by atoms with Gasteiger partial charge in [0, 0.05) is 17.4 Å². The van der Waals surface area contributed by atoms with Gasteiger partial charge in [0.05, 0.1) is 5.56 Å². The normalized spacial score (nSPS) is 10.9. The number of ketones is 1. The fourth-order valence-corrected chi connectivity index (χ4v) is 1.49. The van der Waals surface area contributed by atoms with E-state index in [2.05, 4.69) is 9.97 Å². The van der Waals surface area contributed by atoms with E-state index in [4.69, 9.17) is 11.6 Å². The van der Waals surface area contributed by atoms with Crippen LogP contribution in [0.5, 0.6) is 5.75 Å². The van der Waals surface area contributed by atoms with E-state index >= 15 is 0 Å². The lowest BCUT2D eigenvalue weighted by molar-refractivity contribution is 0.104. The van der Waals surface area contributed by atoms with Crippen molar-refractivity contribution >= 4 is 23.5 Å². The summed E-state index contributed by atoms with van der Waals surface area (Å²) >= 11 is 5.68. The Kier molecular flexibility index (Phi) is 3.25. The molecule has 5 heteroatoms. The van der Waals surface area contributed by atoms with E-state index in [1.807, 2.05) is 0 Å². The molecule has 0 amide bonds. The van der Waals surface area contributed by atoms with Crippen molar-refractivity contribution < 1.29 is 9.90 Å². The van der Waals surface area contributed by atoms with E-state index in [1.54, 1.807) is 18.5 Å². The van der Waals surface area contributed by atoms with E-state index in [0.29, 0.717) is 10.8 Å². The molecule has 1 heterocycles. The van der Waals surface area contributed by atoms with Crippen molar-refractivity contribution in [3.05, 3.63) is 53.1 Å². The molecule has 0 atom stereocenters. The minimum Gasteiger partial charge on any atom is -0.507 e. The number of rotatable bonds is 3. The molecule has 0 saturated heterocycles. The molecule has 0 aliphatic heterocycles. The van der Waals surface area contributed by atoms with Gasteiger partial charge < -0.3 is 10.1 Å². The number of imidazole rings is 1. The first kappa shape index (κ1) is 11.4. The third-order valence-corrected chi connectivity index (χ3v) is 2.37. The third kappa shape index (κ3) is 2.73. The Hall–Kier alpha value is -2.07. The van der Waals surface area contributed by atoms with E-state index in [9.17, 15) is 9.90 Å². The first-order valence-corrected chi connectivity index (χ1v) is 5.25. The maximum atomic E-state index is 11.7. The zero-order valence-corrected chi connectivity index (χ0v) is 9.48. The van der Waals surface area contributed by atoms with Gasteiger partial charge in [-0.25, -0.2) is 4.98 Å². The molecule has 0 aliphatic carbocycles. The number of nitrogens with one attached hydrogen (secondary N) is 1. The summed E-state index contributed by atoms with van der Waals surface area (Å²) in [6.07, 6.45) is 6.12. The van der Waals surface area contributed by atoms with Gasteiger partial charge in [0.25, 0.3) is 0 Å². The highest BCUT2D eigenvalue weighted by Gasteiger charge is 2.08. The lowest BCUT2D eigenvalue weighted by atomic mass is 10.1. The predicted octanol–water partition coefficient (Wildman–Crippen LogP) is 2.66. The summed E-state index contributed by atoms with van der Waals surface area (Å²) in [4.78, 5) is 18.5. The molecule has 0 spiro atoms. The number of carbonyl (C=O) groups is 1. The van der Waals surface area contributed by atoms with Gasteiger partial charge in [-0.3, -0.25) is 4.79 Å². The molecule has 0 unspecified atom stereocenters. The van der Waals surface area contributed by atoms with Gasteiger partial charge in [-0.15, -0.1) is 0 Å². The minimum absolute atomic E-state index is 0.133. The van der Waals surface area contributed by atoms with Crippen molar-refractivity contribution in [3.63, 3.8) is 0 Å². The number of halogens is 1. The molecule has 0 bridgehead atoms. The number of benzene rings is 1. The second kappa shape index (κ2) is 4.84. The highest BCUT2D eigenvalue weighted by Crippen LogP contribution is 2.22. The SMILES string of the molecule is O=C(/C=C/c1ncc[nH]1)c1ccc(Cl)cc1O. The summed E-state index contributed by atoms with van der Waals surface area (Å²) < 4.78 is 0. The quantitative estimate of drug-likeness (QED) is 0.648. The van der Waals surface area contributed by atoms with Gasteiger partial charge in [-0.2, -0.15) is 0 Å². The van der Waals surface area contributed by atoms with Gasteiger partial charge >= 0.3 is 0 Å². The number of H-pyrrole nitrogens is 1. The number of allylic oxidation sites excluding steroid dienone is 1. The second-order valence-corrected chi connectivity index (χ2v) is 3.77. The zero-order chi connectivity index (χ0) is 12.3. The number of hydrogen-bond acceptors (Lipinski definition) is 3. The molecule has 0 aliphatic rings. The maximum absolute atomic E-state index is 11.7. The maximum Gasteiger partial charge on any atom is 0.189 e. The molecule has 2 rings (SSSR count). The lowest BCUT2D eigenvalue weighted by Crippen LogP contribution is -1.94. The molecule has 86 valence electrons. The highest BCUT2D eigenvalue weighted by atomic mass is 35.5. The standard InChI is InChI=1S/C12H9ClN2O2/c13-8-1-2-9(11(17)7-8)10(16)3-4-12-14-5-6-15-12/h1-7,17H,(H,14,15)/b4-3+. The molecule has 4 nitrogen and oxygen atoms in total. The van der Waals surface area contributed by atoms with Crippen LogP contribution in [0, 0.1) is 0 Å². The highest BCUT2D eigenvalue weighted by molar-refractivity contribution is 6.31. The van der Waals surface area contributed by atoms with Crippen LogP contribution in [0.1, 0.15) is 16.2 Å². The van der Waals surface area contributed by atoms with Crippen molar-refractivity contribution in [3.8, 4) is 5.75 Å². The fraction of sp³-hybridized carbons (Fsp3) is 0. The molecule has 0 fully saturated rings. The average Bonchev–Trinajstić information content (AvgIpc) is 2.78. The van der Waals surface area contributed by atoms with Crippen LogP contribution >= 0.6 is 11.6 Å². The molecule has 17 heavy (non-hydrogen) atoms.